The molecule has 0 aliphatic heterocycles. The average molecular weight is 306 g/mol. The number of hydrogen-bond acceptors (Lipinski definition) is 2. The van der Waals surface area contributed by atoms with Crippen LogP contribution < -0.4 is 5.32 Å². The van der Waals surface area contributed by atoms with Gasteiger partial charge in [0.15, 0.2) is 0 Å². The van der Waals surface area contributed by atoms with Crippen molar-refractivity contribution >= 4 is 11.6 Å². The van der Waals surface area contributed by atoms with E-state index in [-0.39, 0.29) is 0 Å². The van der Waals surface area contributed by atoms with Crippen LogP contribution in [0.3, 0.4) is 0 Å². The summed E-state index contributed by atoms with van der Waals surface area (Å²) in [5, 5.41) is 8.85. The van der Waals surface area contributed by atoms with Crippen molar-refractivity contribution in [2.75, 3.05) is 6.54 Å². The van der Waals surface area contributed by atoms with E-state index in [2.05, 4.69) is 50.2 Å². The van der Waals surface area contributed by atoms with Crippen LogP contribution in [0.25, 0.3) is 5.69 Å². The molecule has 1 aromatic carbocycles. The molecule has 0 bridgehead atoms. The molecule has 114 valence electrons. The van der Waals surface area contributed by atoms with Gasteiger partial charge in [-0.05, 0) is 36.1 Å². The SMILES string of the molecule is CC(C)CNCc1cccc(Cl)c1-n1ccc(C(C)C)n1. The van der Waals surface area contributed by atoms with Crippen LogP contribution in [0.15, 0.2) is 30.5 Å². The van der Waals surface area contributed by atoms with Crippen LogP contribution >= 0.6 is 11.6 Å². The number of nitrogens with one attached hydrogen (secondary N) is 1. The molecule has 0 unspecified atom stereocenters. The zero-order valence-corrected chi connectivity index (χ0v) is 14.0. The van der Waals surface area contributed by atoms with Gasteiger partial charge in [-0.1, -0.05) is 51.4 Å². The zero-order chi connectivity index (χ0) is 15.4. The Balaban J connectivity index is 2.28. The Labute approximate surface area is 132 Å². The number of halogens is 1. The summed E-state index contributed by atoms with van der Waals surface area (Å²) in [4.78, 5) is 0. The summed E-state index contributed by atoms with van der Waals surface area (Å²) in [5.74, 6) is 1.04. The van der Waals surface area contributed by atoms with E-state index in [9.17, 15) is 0 Å². The molecule has 1 N–H and O–H groups in total. The number of para-hydroxylation sites is 1. The maximum atomic E-state index is 6.41. The zero-order valence-electron chi connectivity index (χ0n) is 13.2. The van der Waals surface area contributed by atoms with Crippen LogP contribution in [0.4, 0.5) is 0 Å². The smallest absolute Gasteiger partial charge is 0.0876 e. The largest absolute Gasteiger partial charge is 0.312 e. The number of rotatable bonds is 6. The maximum absolute atomic E-state index is 6.41. The number of aromatic nitrogens is 2. The fraction of sp³-hybridized carbons (Fsp3) is 0.471. The second-order valence-electron chi connectivity index (χ2n) is 6.11. The highest BCUT2D eigenvalue weighted by molar-refractivity contribution is 6.32. The van der Waals surface area contributed by atoms with E-state index in [0.717, 1.165) is 29.5 Å². The van der Waals surface area contributed by atoms with Crippen LogP contribution in [0, 0.1) is 5.92 Å². The quantitative estimate of drug-likeness (QED) is 0.857. The first-order valence-corrected chi connectivity index (χ1v) is 7.91. The predicted molar refractivity (Wildman–Crippen MR) is 89.2 cm³/mol. The summed E-state index contributed by atoms with van der Waals surface area (Å²) in [6, 6.07) is 8.06. The van der Waals surface area contributed by atoms with Crippen LogP contribution in [-0.2, 0) is 6.54 Å². The van der Waals surface area contributed by atoms with E-state index in [1.165, 1.54) is 5.56 Å². The molecule has 21 heavy (non-hydrogen) atoms. The Morgan fingerprint density at radius 3 is 2.57 bits per heavy atom. The predicted octanol–water partition coefficient (Wildman–Crippen LogP) is 4.39. The van der Waals surface area contributed by atoms with Crippen LogP contribution in [0.5, 0.6) is 0 Å². The molecular weight excluding hydrogens is 282 g/mol. The molecule has 2 aromatic rings. The molecule has 0 saturated heterocycles. The molecule has 0 amide bonds. The molecule has 0 atom stereocenters. The maximum Gasteiger partial charge on any atom is 0.0876 e. The summed E-state index contributed by atoms with van der Waals surface area (Å²) in [6.45, 7) is 10.5. The summed E-state index contributed by atoms with van der Waals surface area (Å²) in [5.41, 5.74) is 3.22. The molecule has 0 fully saturated rings. The third-order valence-corrected chi connectivity index (χ3v) is 3.67. The molecule has 1 aromatic heterocycles. The standard InChI is InChI=1S/C17H24ClN3/c1-12(2)10-19-11-14-6-5-7-15(18)17(14)21-9-8-16(20-21)13(3)4/h5-9,12-13,19H,10-11H2,1-4H3. The van der Waals surface area contributed by atoms with Gasteiger partial charge in [-0.15, -0.1) is 0 Å². The van der Waals surface area contributed by atoms with Crippen LogP contribution in [0.2, 0.25) is 5.02 Å². The van der Waals surface area contributed by atoms with Crippen molar-refractivity contribution in [3.05, 3.63) is 46.7 Å². The third kappa shape index (κ3) is 4.08. The highest BCUT2D eigenvalue weighted by Gasteiger charge is 2.12. The Kier molecular flexibility index (Phi) is 5.43. The minimum Gasteiger partial charge on any atom is -0.312 e. The van der Waals surface area contributed by atoms with Gasteiger partial charge in [-0.25, -0.2) is 4.68 Å². The molecule has 0 spiro atoms. The normalized spacial score (nSPS) is 11.6. The van der Waals surface area contributed by atoms with Gasteiger partial charge in [0.2, 0.25) is 0 Å². The van der Waals surface area contributed by atoms with Crippen molar-refractivity contribution in [2.45, 2.75) is 40.2 Å². The summed E-state index contributed by atoms with van der Waals surface area (Å²) < 4.78 is 1.89. The van der Waals surface area contributed by atoms with E-state index in [1.54, 1.807) is 0 Å². The second-order valence-corrected chi connectivity index (χ2v) is 6.52. The molecule has 0 saturated carbocycles. The second kappa shape index (κ2) is 7.10. The Morgan fingerprint density at radius 2 is 1.95 bits per heavy atom. The third-order valence-electron chi connectivity index (χ3n) is 3.37. The summed E-state index contributed by atoms with van der Waals surface area (Å²) >= 11 is 6.41. The first-order chi connectivity index (χ1) is 9.99. The minimum absolute atomic E-state index is 0.413. The van der Waals surface area contributed by atoms with Gasteiger partial charge in [0, 0.05) is 12.7 Å². The van der Waals surface area contributed by atoms with E-state index in [1.807, 2.05) is 23.0 Å². The topological polar surface area (TPSA) is 29.9 Å². The molecule has 2 rings (SSSR count). The molecular formula is C17H24ClN3. The van der Waals surface area contributed by atoms with Gasteiger partial charge < -0.3 is 5.32 Å². The number of hydrogen-bond donors (Lipinski definition) is 1. The van der Waals surface area contributed by atoms with Gasteiger partial charge in [-0.2, -0.15) is 5.10 Å². The van der Waals surface area contributed by atoms with E-state index in [4.69, 9.17) is 11.6 Å². The fourth-order valence-corrected chi connectivity index (χ4v) is 2.51. The summed E-state index contributed by atoms with van der Waals surface area (Å²) in [6.07, 6.45) is 1.99. The highest BCUT2D eigenvalue weighted by atomic mass is 35.5. The lowest BCUT2D eigenvalue weighted by molar-refractivity contribution is 0.551. The molecule has 1 heterocycles. The molecule has 3 nitrogen and oxygen atoms in total. The van der Waals surface area contributed by atoms with Gasteiger partial charge in [-0.3, -0.25) is 0 Å². The van der Waals surface area contributed by atoms with Crippen LogP contribution in [-0.4, -0.2) is 16.3 Å². The molecule has 4 heteroatoms. The van der Waals surface area contributed by atoms with E-state index in [0.29, 0.717) is 11.8 Å². The van der Waals surface area contributed by atoms with Gasteiger partial charge in [0.25, 0.3) is 0 Å². The van der Waals surface area contributed by atoms with E-state index < -0.39 is 0 Å². The van der Waals surface area contributed by atoms with Crippen molar-refractivity contribution in [2.24, 2.45) is 5.92 Å². The minimum atomic E-state index is 0.413. The molecule has 0 aliphatic rings. The number of benzene rings is 1. The fourth-order valence-electron chi connectivity index (χ4n) is 2.23. The molecule has 0 radical (unpaired) electrons. The van der Waals surface area contributed by atoms with Crippen molar-refractivity contribution in [1.82, 2.24) is 15.1 Å². The van der Waals surface area contributed by atoms with Crippen molar-refractivity contribution in [3.63, 3.8) is 0 Å². The Morgan fingerprint density at radius 1 is 1.19 bits per heavy atom. The number of nitrogens with zero attached hydrogens (tertiary/aromatic N) is 2. The van der Waals surface area contributed by atoms with Crippen molar-refractivity contribution in [1.29, 1.82) is 0 Å². The monoisotopic (exact) mass is 305 g/mol. The lowest BCUT2D eigenvalue weighted by Gasteiger charge is -2.13. The lowest BCUT2D eigenvalue weighted by atomic mass is 10.1. The van der Waals surface area contributed by atoms with Gasteiger partial charge in [0.1, 0.15) is 0 Å². The van der Waals surface area contributed by atoms with Gasteiger partial charge in [0.05, 0.1) is 16.4 Å². The molecule has 0 aliphatic carbocycles. The van der Waals surface area contributed by atoms with Crippen molar-refractivity contribution in [3.8, 4) is 5.69 Å². The highest BCUT2D eigenvalue weighted by Crippen LogP contribution is 2.25. The first-order valence-electron chi connectivity index (χ1n) is 7.53. The average Bonchev–Trinajstić information content (AvgIpc) is 2.88. The first kappa shape index (κ1) is 16.1. The van der Waals surface area contributed by atoms with Gasteiger partial charge >= 0.3 is 0 Å². The lowest BCUT2D eigenvalue weighted by Crippen LogP contribution is -2.20. The van der Waals surface area contributed by atoms with E-state index >= 15 is 0 Å². The van der Waals surface area contributed by atoms with Crippen LogP contribution in [0.1, 0.15) is 44.9 Å². The van der Waals surface area contributed by atoms with Crippen molar-refractivity contribution < 1.29 is 0 Å². The summed E-state index contributed by atoms with van der Waals surface area (Å²) in [7, 11) is 0. The Hall–Kier alpha value is -1.32. The Bertz CT molecular complexity index is 587.